The van der Waals surface area contributed by atoms with E-state index in [0.29, 0.717) is 39.6 Å². The normalized spacial score (nSPS) is 11.0. The summed E-state index contributed by atoms with van der Waals surface area (Å²) in [4.78, 5) is 32.5. The first-order valence-corrected chi connectivity index (χ1v) is 12.8. The third kappa shape index (κ3) is 25.1. The number of carboxylic acids is 1. The van der Waals surface area contributed by atoms with E-state index >= 15 is 0 Å². The minimum Gasteiger partial charge on any atom is -0.476 e. The van der Waals surface area contributed by atoms with Crippen LogP contribution in [0.15, 0.2) is 0 Å². The lowest BCUT2D eigenvalue weighted by atomic mass is 10.1. The van der Waals surface area contributed by atoms with Crippen molar-refractivity contribution < 1.29 is 43.2 Å². The molecule has 9 heteroatoms. The zero-order valence-corrected chi connectivity index (χ0v) is 21.1. The van der Waals surface area contributed by atoms with Gasteiger partial charge in [0.05, 0.1) is 52.7 Å². The minimum atomic E-state index is -1.55. The summed E-state index contributed by atoms with van der Waals surface area (Å²) in [6.07, 6.45) is 12.6. The summed E-state index contributed by atoms with van der Waals surface area (Å²) < 4.78 is 26.5. The molecule has 0 radical (unpaired) electrons. The summed E-state index contributed by atoms with van der Waals surface area (Å²) in [5.41, 5.74) is 0. The van der Waals surface area contributed by atoms with Crippen molar-refractivity contribution >= 4 is 17.7 Å². The highest BCUT2D eigenvalue weighted by Crippen LogP contribution is 2.10. The van der Waals surface area contributed by atoms with Gasteiger partial charge in [-0.25, -0.2) is 4.79 Å². The molecule has 0 aromatic heterocycles. The van der Waals surface area contributed by atoms with Crippen LogP contribution in [0.1, 0.15) is 84.0 Å². The van der Waals surface area contributed by atoms with Gasteiger partial charge in [-0.15, -0.1) is 0 Å². The first-order chi connectivity index (χ1) is 16.6. The van der Waals surface area contributed by atoms with Crippen LogP contribution in [0.3, 0.4) is 0 Å². The molecule has 0 saturated carbocycles. The van der Waals surface area contributed by atoms with Crippen molar-refractivity contribution in [2.75, 3.05) is 59.5 Å². The highest BCUT2D eigenvalue weighted by molar-refractivity contribution is 6.32. The fraction of sp³-hybridized carbons (Fsp3) is 0.880. The molecule has 0 saturated heterocycles. The SMILES string of the molecule is CCCCCCCCCCCCOCCOCCOCCOCCOC(=O)CCC(=O)C(=O)O. The van der Waals surface area contributed by atoms with E-state index < -0.39 is 17.7 Å². The molecule has 0 aromatic carbocycles. The molecule has 34 heavy (non-hydrogen) atoms. The highest BCUT2D eigenvalue weighted by Gasteiger charge is 2.14. The molecule has 0 bridgehead atoms. The summed E-state index contributed by atoms with van der Waals surface area (Å²) >= 11 is 0. The summed E-state index contributed by atoms with van der Waals surface area (Å²) in [6.45, 7) is 6.17. The van der Waals surface area contributed by atoms with E-state index in [-0.39, 0.29) is 26.1 Å². The Morgan fingerprint density at radius 3 is 1.41 bits per heavy atom. The summed E-state index contributed by atoms with van der Waals surface area (Å²) in [5.74, 6) is -3.18. The van der Waals surface area contributed by atoms with Gasteiger partial charge in [0, 0.05) is 13.0 Å². The van der Waals surface area contributed by atoms with E-state index in [2.05, 4.69) is 6.92 Å². The Balaban J connectivity index is 3.14. The maximum absolute atomic E-state index is 11.3. The number of ketones is 1. The number of carboxylic acid groups (broad SMARTS) is 1. The molecule has 0 aliphatic rings. The van der Waals surface area contributed by atoms with Crippen molar-refractivity contribution in [1.29, 1.82) is 0 Å². The van der Waals surface area contributed by atoms with Gasteiger partial charge in [0.15, 0.2) is 0 Å². The predicted octanol–water partition coefficient (Wildman–Crippen LogP) is 3.95. The number of rotatable bonds is 27. The number of hydrogen-bond acceptors (Lipinski definition) is 8. The van der Waals surface area contributed by atoms with Crippen LogP contribution in [0.4, 0.5) is 0 Å². The van der Waals surface area contributed by atoms with Crippen molar-refractivity contribution in [3.63, 3.8) is 0 Å². The lowest BCUT2D eigenvalue weighted by Gasteiger charge is -2.08. The lowest BCUT2D eigenvalue weighted by Crippen LogP contribution is -2.17. The van der Waals surface area contributed by atoms with Gasteiger partial charge in [0.1, 0.15) is 6.61 Å². The molecule has 0 amide bonds. The standard InChI is InChI=1S/C25H46O9/c1-2-3-4-5-6-7-8-9-10-11-14-30-15-16-31-17-18-32-19-20-33-21-22-34-24(27)13-12-23(26)25(28)29/h2-22H2,1H3,(H,28,29). The Morgan fingerprint density at radius 2 is 0.941 bits per heavy atom. The van der Waals surface area contributed by atoms with Gasteiger partial charge in [-0.1, -0.05) is 64.7 Å². The lowest BCUT2D eigenvalue weighted by molar-refractivity contribution is -0.151. The Bertz CT molecular complexity index is 497. The third-order valence-electron chi connectivity index (χ3n) is 5.04. The second-order valence-electron chi connectivity index (χ2n) is 8.08. The van der Waals surface area contributed by atoms with Gasteiger partial charge in [-0.3, -0.25) is 9.59 Å². The molecule has 0 rings (SSSR count). The summed E-state index contributed by atoms with van der Waals surface area (Å²) in [6, 6.07) is 0. The second-order valence-corrected chi connectivity index (χ2v) is 8.08. The number of carbonyl (C=O) groups excluding carboxylic acids is 2. The van der Waals surface area contributed by atoms with E-state index in [9.17, 15) is 14.4 Å². The van der Waals surface area contributed by atoms with E-state index in [1.165, 1.54) is 57.8 Å². The first-order valence-electron chi connectivity index (χ1n) is 12.8. The Labute approximate surface area is 204 Å². The van der Waals surface area contributed by atoms with Crippen molar-refractivity contribution in [2.24, 2.45) is 0 Å². The molecule has 1 N–H and O–H groups in total. The van der Waals surface area contributed by atoms with E-state index in [1.54, 1.807) is 0 Å². The second kappa shape index (κ2) is 26.1. The fourth-order valence-corrected chi connectivity index (χ4v) is 3.06. The fourth-order valence-electron chi connectivity index (χ4n) is 3.06. The maximum atomic E-state index is 11.3. The number of esters is 1. The molecule has 0 atom stereocenters. The molecule has 0 aliphatic heterocycles. The van der Waals surface area contributed by atoms with Crippen molar-refractivity contribution in [3.8, 4) is 0 Å². The van der Waals surface area contributed by atoms with Crippen LogP contribution in [0.5, 0.6) is 0 Å². The minimum absolute atomic E-state index is 0.0440. The highest BCUT2D eigenvalue weighted by atomic mass is 16.6. The average molecular weight is 491 g/mol. The van der Waals surface area contributed by atoms with Crippen LogP contribution >= 0.6 is 0 Å². The van der Waals surface area contributed by atoms with Crippen molar-refractivity contribution in [3.05, 3.63) is 0 Å². The van der Waals surface area contributed by atoms with Crippen LogP contribution in [0.25, 0.3) is 0 Å². The van der Waals surface area contributed by atoms with Gasteiger partial charge in [-0.05, 0) is 6.42 Å². The summed E-state index contributed by atoms with van der Waals surface area (Å²) in [5, 5.41) is 8.41. The molecule has 9 nitrogen and oxygen atoms in total. The van der Waals surface area contributed by atoms with E-state index in [4.69, 9.17) is 28.8 Å². The van der Waals surface area contributed by atoms with Crippen LogP contribution in [0.2, 0.25) is 0 Å². The molecule has 0 unspecified atom stereocenters. The number of ether oxygens (including phenoxy) is 5. The Kier molecular flexibility index (Phi) is 24.9. The predicted molar refractivity (Wildman–Crippen MR) is 128 cm³/mol. The molecule has 0 heterocycles. The van der Waals surface area contributed by atoms with Gasteiger partial charge in [0.2, 0.25) is 5.78 Å². The molecule has 0 fully saturated rings. The maximum Gasteiger partial charge on any atom is 0.372 e. The zero-order valence-electron chi connectivity index (χ0n) is 21.1. The van der Waals surface area contributed by atoms with Gasteiger partial charge < -0.3 is 28.8 Å². The van der Waals surface area contributed by atoms with Gasteiger partial charge in [0.25, 0.3) is 0 Å². The van der Waals surface area contributed by atoms with Gasteiger partial charge >= 0.3 is 11.9 Å². The number of Topliss-reactive ketones (excluding diaryl/α,β-unsaturated/α-hetero) is 1. The van der Waals surface area contributed by atoms with Gasteiger partial charge in [-0.2, -0.15) is 0 Å². The molecule has 0 aliphatic carbocycles. The van der Waals surface area contributed by atoms with Crippen LogP contribution < -0.4 is 0 Å². The molecule has 200 valence electrons. The summed E-state index contributed by atoms with van der Waals surface area (Å²) in [7, 11) is 0. The largest absolute Gasteiger partial charge is 0.476 e. The number of unbranched alkanes of at least 4 members (excludes halogenated alkanes) is 9. The molecule has 0 aromatic rings. The van der Waals surface area contributed by atoms with Crippen LogP contribution in [0, 0.1) is 0 Å². The first kappa shape index (κ1) is 32.5. The topological polar surface area (TPSA) is 118 Å². The van der Waals surface area contributed by atoms with E-state index in [1.807, 2.05) is 0 Å². The Morgan fingerprint density at radius 1 is 0.529 bits per heavy atom. The third-order valence-corrected chi connectivity index (χ3v) is 5.04. The average Bonchev–Trinajstić information content (AvgIpc) is 2.82. The van der Waals surface area contributed by atoms with Crippen molar-refractivity contribution in [1.82, 2.24) is 0 Å². The number of aliphatic carboxylic acids is 1. The number of carbonyl (C=O) groups is 3. The zero-order chi connectivity index (χ0) is 25.1. The molecule has 0 spiro atoms. The quantitative estimate of drug-likeness (QED) is 0.104. The monoisotopic (exact) mass is 490 g/mol. The number of hydrogen-bond donors (Lipinski definition) is 1. The Hall–Kier alpha value is -1.55. The smallest absolute Gasteiger partial charge is 0.372 e. The van der Waals surface area contributed by atoms with Crippen LogP contribution in [-0.2, 0) is 38.1 Å². The van der Waals surface area contributed by atoms with Crippen molar-refractivity contribution in [2.45, 2.75) is 84.0 Å². The van der Waals surface area contributed by atoms with Crippen LogP contribution in [-0.4, -0.2) is 82.3 Å². The molecular formula is C25H46O9. The van der Waals surface area contributed by atoms with E-state index in [0.717, 1.165) is 13.0 Å². The molecular weight excluding hydrogens is 444 g/mol.